The summed E-state index contributed by atoms with van der Waals surface area (Å²) in [7, 11) is -0.180. The third-order valence-electron chi connectivity index (χ3n) is 4.31. The van der Waals surface area contributed by atoms with Crippen molar-refractivity contribution in [1.29, 1.82) is 0 Å². The normalized spacial score (nSPS) is 19.2. The fourth-order valence-corrected chi connectivity index (χ4v) is 4.18. The second kappa shape index (κ2) is 6.62. The summed E-state index contributed by atoms with van der Waals surface area (Å²) >= 11 is 0. The lowest BCUT2D eigenvalue weighted by atomic mass is 10.0. The van der Waals surface area contributed by atoms with Crippen LogP contribution in [0, 0.1) is 12.8 Å². The van der Waals surface area contributed by atoms with E-state index in [0.717, 1.165) is 35.6 Å². The van der Waals surface area contributed by atoms with Gasteiger partial charge in [0.15, 0.2) is 0 Å². The first-order chi connectivity index (χ1) is 11.4. The molecule has 2 aromatic rings. The molecule has 0 spiro atoms. The molecule has 1 fully saturated rings. The number of nitrogens with zero attached hydrogens (tertiary/aromatic N) is 4. The van der Waals surface area contributed by atoms with E-state index < -0.39 is 10.2 Å². The summed E-state index contributed by atoms with van der Waals surface area (Å²) in [6, 6.07) is 7.88. The lowest BCUT2D eigenvalue weighted by Crippen LogP contribution is -2.38. The number of hydrogen-bond donors (Lipinski definition) is 1. The van der Waals surface area contributed by atoms with Gasteiger partial charge in [0.2, 0.25) is 0 Å². The molecule has 3 heterocycles. The molecule has 24 heavy (non-hydrogen) atoms. The van der Waals surface area contributed by atoms with Crippen molar-refractivity contribution in [2.45, 2.75) is 19.8 Å². The molecule has 0 aromatic carbocycles. The molecule has 1 atom stereocenters. The monoisotopic (exact) mass is 349 g/mol. The van der Waals surface area contributed by atoms with Crippen molar-refractivity contribution >= 4 is 10.2 Å². The first-order valence-corrected chi connectivity index (χ1v) is 9.42. The predicted molar refractivity (Wildman–Crippen MR) is 92.5 cm³/mol. The van der Waals surface area contributed by atoms with E-state index in [1.54, 1.807) is 18.4 Å². The van der Waals surface area contributed by atoms with Crippen LogP contribution in [0.5, 0.6) is 0 Å². The molecule has 2 aromatic heterocycles. The molecule has 8 heteroatoms. The predicted octanol–water partition coefficient (Wildman–Crippen LogP) is 1.45. The van der Waals surface area contributed by atoms with Crippen LogP contribution in [0.15, 0.2) is 24.3 Å². The molecular weight excluding hydrogens is 326 g/mol. The first-order valence-electron chi connectivity index (χ1n) is 8.02. The topological polar surface area (TPSA) is 82.2 Å². The van der Waals surface area contributed by atoms with E-state index in [1.165, 1.54) is 4.31 Å². The quantitative estimate of drug-likeness (QED) is 0.886. The van der Waals surface area contributed by atoms with Gasteiger partial charge >= 0.3 is 0 Å². The van der Waals surface area contributed by atoms with Crippen LogP contribution in [0.3, 0.4) is 0 Å². The number of H-pyrrole nitrogens is 1. The lowest BCUT2D eigenvalue weighted by molar-refractivity contribution is 0.409. The van der Waals surface area contributed by atoms with Gasteiger partial charge < -0.3 is 0 Å². The summed E-state index contributed by atoms with van der Waals surface area (Å²) < 4.78 is 27.2. The van der Waals surface area contributed by atoms with Crippen LogP contribution in [0.2, 0.25) is 0 Å². The Bertz CT molecular complexity index is 815. The summed E-state index contributed by atoms with van der Waals surface area (Å²) in [4.78, 5) is 4.68. The fourth-order valence-electron chi connectivity index (χ4n) is 2.99. The minimum absolute atomic E-state index is 0.295. The number of hydrogen-bond acceptors (Lipinski definition) is 4. The van der Waals surface area contributed by atoms with E-state index in [1.807, 2.05) is 31.2 Å². The summed E-state index contributed by atoms with van der Waals surface area (Å²) in [6.45, 7) is 3.08. The SMILES string of the molecule is Cc1cc(-c2cccc(CC3CCN(S(=O)(=O)N(C)C)C3)n2)n[nH]1. The zero-order valence-corrected chi connectivity index (χ0v) is 15.0. The van der Waals surface area contributed by atoms with Gasteiger partial charge in [-0.2, -0.15) is 22.1 Å². The molecule has 0 aliphatic carbocycles. The van der Waals surface area contributed by atoms with Gasteiger partial charge in [-0.3, -0.25) is 10.1 Å². The standard InChI is InChI=1S/C16H23N5O2S/c1-12-9-16(19-18-12)15-6-4-5-14(17-15)10-13-7-8-21(11-13)24(22,23)20(2)3/h4-6,9,13H,7-8,10-11H2,1-3H3,(H,18,19). The van der Waals surface area contributed by atoms with Crippen molar-refractivity contribution in [3.63, 3.8) is 0 Å². The minimum atomic E-state index is -3.32. The van der Waals surface area contributed by atoms with Crippen LogP contribution in [0.1, 0.15) is 17.8 Å². The molecule has 0 bridgehead atoms. The summed E-state index contributed by atoms with van der Waals surface area (Å²) in [5.41, 5.74) is 3.64. The van der Waals surface area contributed by atoms with Crippen LogP contribution in [-0.4, -0.2) is 59.4 Å². The van der Waals surface area contributed by atoms with Gasteiger partial charge in [-0.1, -0.05) is 6.07 Å². The van der Waals surface area contributed by atoms with Gasteiger partial charge in [0.05, 0.1) is 5.69 Å². The molecule has 130 valence electrons. The number of nitrogens with one attached hydrogen (secondary N) is 1. The maximum absolute atomic E-state index is 12.2. The van der Waals surface area contributed by atoms with Crippen LogP contribution < -0.4 is 0 Å². The highest BCUT2D eigenvalue weighted by atomic mass is 32.2. The number of aromatic amines is 1. The highest BCUT2D eigenvalue weighted by molar-refractivity contribution is 7.86. The lowest BCUT2D eigenvalue weighted by Gasteiger charge is -2.20. The van der Waals surface area contributed by atoms with Gasteiger partial charge in [0, 0.05) is 38.6 Å². The first kappa shape index (κ1) is 17.1. The Labute approximate surface area is 142 Å². The number of aryl methyl sites for hydroxylation is 1. The Hall–Kier alpha value is -1.77. The van der Waals surface area contributed by atoms with Crippen molar-refractivity contribution in [3.8, 4) is 11.4 Å². The highest BCUT2D eigenvalue weighted by Crippen LogP contribution is 2.24. The minimum Gasteiger partial charge on any atom is -0.282 e. The highest BCUT2D eigenvalue weighted by Gasteiger charge is 2.32. The van der Waals surface area contributed by atoms with Crippen molar-refractivity contribution in [2.75, 3.05) is 27.2 Å². The van der Waals surface area contributed by atoms with Gasteiger partial charge in [-0.05, 0) is 43.9 Å². The Balaban J connectivity index is 1.69. The maximum Gasteiger partial charge on any atom is 0.281 e. The Morgan fingerprint density at radius 3 is 2.79 bits per heavy atom. The molecule has 0 amide bonds. The van der Waals surface area contributed by atoms with E-state index >= 15 is 0 Å². The second-order valence-corrected chi connectivity index (χ2v) is 8.60. The average Bonchev–Trinajstić information content (AvgIpc) is 3.17. The van der Waals surface area contributed by atoms with Crippen molar-refractivity contribution < 1.29 is 8.42 Å². The molecule has 0 saturated carbocycles. The third-order valence-corrected chi connectivity index (χ3v) is 6.22. The third kappa shape index (κ3) is 3.50. The molecular formula is C16H23N5O2S. The van der Waals surface area contributed by atoms with E-state index in [9.17, 15) is 8.42 Å². The Morgan fingerprint density at radius 2 is 2.12 bits per heavy atom. The van der Waals surface area contributed by atoms with E-state index in [2.05, 4.69) is 15.2 Å². The van der Waals surface area contributed by atoms with Crippen molar-refractivity contribution in [2.24, 2.45) is 5.92 Å². The fraction of sp³-hybridized carbons (Fsp3) is 0.500. The number of pyridine rings is 1. The van der Waals surface area contributed by atoms with E-state index in [-0.39, 0.29) is 0 Å². The van der Waals surface area contributed by atoms with Gasteiger partial charge in [0.1, 0.15) is 5.69 Å². The van der Waals surface area contributed by atoms with Crippen LogP contribution in [0.4, 0.5) is 0 Å². The van der Waals surface area contributed by atoms with Crippen LogP contribution >= 0.6 is 0 Å². The van der Waals surface area contributed by atoms with Crippen LogP contribution in [0.25, 0.3) is 11.4 Å². The molecule has 1 N–H and O–H groups in total. The maximum atomic E-state index is 12.2. The van der Waals surface area contributed by atoms with Crippen molar-refractivity contribution in [3.05, 3.63) is 35.7 Å². The van der Waals surface area contributed by atoms with Gasteiger partial charge in [-0.15, -0.1) is 0 Å². The van der Waals surface area contributed by atoms with Crippen LogP contribution in [-0.2, 0) is 16.6 Å². The summed E-state index contributed by atoms with van der Waals surface area (Å²) in [5, 5.41) is 7.17. The summed E-state index contributed by atoms with van der Waals surface area (Å²) in [5.74, 6) is 0.295. The average molecular weight is 349 g/mol. The largest absolute Gasteiger partial charge is 0.282 e. The summed E-state index contributed by atoms with van der Waals surface area (Å²) in [6.07, 6.45) is 1.64. The van der Waals surface area contributed by atoms with Gasteiger partial charge in [-0.25, -0.2) is 0 Å². The zero-order valence-electron chi connectivity index (χ0n) is 14.2. The Kier molecular flexibility index (Phi) is 4.71. The van der Waals surface area contributed by atoms with E-state index in [0.29, 0.717) is 19.0 Å². The molecule has 7 nitrogen and oxygen atoms in total. The molecule has 1 saturated heterocycles. The number of aromatic nitrogens is 3. The Morgan fingerprint density at radius 1 is 1.33 bits per heavy atom. The molecule has 0 radical (unpaired) electrons. The van der Waals surface area contributed by atoms with E-state index in [4.69, 9.17) is 0 Å². The molecule has 1 unspecified atom stereocenters. The number of rotatable bonds is 5. The van der Waals surface area contributed by atoms with Crippen molar-refractivity contribution in [1.82, 2.24) is 23.8 Å². The van der Waals surface area contributed by atoms with Gasteiger partial charge in [0.25, 0.3) is 10.2 Å². The molecule has 1 aliphatic rings. The zero-order chi connectivity index (χ0) is 17.3. The second-order valence-electron chi connectivity index (χ2n) is 6.46. The molecule has 1 aliphatic heterocycles. The molecule has 3 rings (SSSR count). The smallest absolute Gasteiger partial charge is 0.281 e.